The van der Waals surface area contributed by atoms with E-state index in [1.54, 1.807) is 0 Å². The normalized spacial score (nSPS) is 33.8. The van der Waals surface area contributed by atoms with Crippen molar-refractivity contribution in [2.75, 3.05) is 26.7 Å². The summed E-state index contributed by atoms with van der Waals surface area (Å²) in [6, 6.07) is 1.47. The van der Waals surface area contributed by atoms with E-state index in [2.05, 4.69) is 17.1 Å². The van der Waals surface area contributed by atoms with E-state index in [0.29, 0.717) is 6.10 Å². The topological polar surface area (TPSA) is 24.5 Å². The van der Waals surface area contributed by atoms with Gasteiger partial charge in [0.05, 0.1) is 6.10 Å². The zero-order chi connectivity index (χ0) is 12.8. The molecule has 3 atom stereocenters. The summed E-state index contributed by atoms with van der Waals surface area (Å²) in [5.74, 6) is 0. The lowest BCUT2D eigenvalue weighted by Crippen LogP contribution is -2.49. The van der Waals surface area contributed by atoms with Crippen molar-refractivity contribution in [1.82, 2.24) is 10.2 Å². The van der Waals surface area contributed by atoms with Gasteiger partial charge in [-0.1, -0.05) is 13.3 Å². The number of likely N-dealkylation sites (N-methyl/N-ethyl adjacent to an activating group) is 1. The van der Waals surface area contributed by atoms with Crippen LogP contribution < -0.4 is 5.32 Å². The Morgan fingerprint density at radius 3 is 2.72 bits per heavy atom. The van der Waals surface area contributed by atoms with Gasteiger partial charge >= 0.3 is 0 Å². The number of rotatable bonds is 5. The molecule has 3 nitrogen and oxygen atoms in total. The van der Waals surface area contributed by atoms with Gasteiger partial charge in [-0.3, -0.25) is 4.90 Å². The van der Waals surface area contributed by atoms with Crippen LogP contribution in [-0.4, -0.2) is 49.8 Å². The number of nitrogens with one attached hydrogen (secondary N) is 1. The third-order valence-electron chi connectivity index (χ3n) is 4.72. The average molecular weight is 254 g/mol. The zero-order valence-electron chi connectivity index (χ0n) is 12.2. The molecule has 0 spiro atoms. The van der Waals surface area contributed by atoms with Gasteiger partial charge in [-0.2, -0.15) is 0 Å². The van der Waals surface area contributed by atoms with Crippen molar-refractivity contribution in [2.24, 2.45) is 0 Å². The first-order valence-corrected chi connectivity index (χ1v) is 7.83. The van der Waals surface area contributed by atoms with Crippen molar-refractivity contribution in [3.63, 3.8) is 0 Å². The Kier molecular flexibility index (Phi) is 5.93. The molecule has 2 aliphatic rings. The molecule has 0 aromatic carbocycles. The van der Waals surface area contributed by atoms with Gasteiger partial charge in [0.15, 0.2) is 0 Å². The summed E-state index contributed by atoms with van der Waals surface area (Å²) in [6.45, 7) is 5.93. The van der Waals surface area contributed by atoms with E-state index in [9.17, 15) is 0 Å². The highest BCUT2D eigenvalue weighted by Gasteiger charge is 2.27. The number of methoxy groups -OCH3 is 1. The Morgan fingerprint density at radius 2 is 2.06 bits per heavy atom. The van der Waals surface area contributed by atoms with E-state index >= 15 is 0 Å². The van der Waals surface area contributed by atoms with Gasteiger partial charge in [-0.25, -0.2) is 0 Å². The molecule has 1 saturated carbocycles. The Hall–Kier alpha value is -0.120. The minimum absolute atomic E-state index is 0.497. The second-order valence-electron chi connectivity index (χ2n) is 5.91. The predicted octanol–water partition coefficient (Wildman–Crippen LogP) is 2.41. The van der Waals surface area contributed by atoms with E-state index in [4.69, 9.17) is 4.74 Å². The SMILES string of the molecule is CCN(CC1CCCCN1)C1CCCC(OC)C1. The fourth-order valence-corrected chi connectivity index (χ4v) is 3.57. The van der Waals surface area contributed by atoms with Crippen LogP contribution in [0.3, 0.4) is 0 Å². The van der Waals surface area contributed by atoms with Crippen LogP contribution >= 0.6 is 0 Å². The summed E-state index contributed by atoms with van der Waals surface area (Å²) >= 11 is 0. The number of nitrogens with zero attached hydrogens (tertiary/aromatic N) is 1. The van der Waals surface area contributed by atoms with E-state index < -0.39 is 0 Å². The third kappa shape index (κ3) is 3.94. The molecule has 1 aliphatic carbocycles. The van der Waals surface area contributed by atoms with Crippen LogP contribution in [0.25, 0.3) is 0 Å². The molecule has 1 heterocycles. The molecular formula is C15H30N2O. The Labute approximate surface area is 112 Å². The van der Waals surface area contributed by atoms with Crippen molar-refractivity contribution < 1.29 is 4.74 Å². The largest absolute Gasteiger partial charge is 0.381 e. The van der Waals surface area contributed by atoms with Gasteiger partial charge in [0.25, 0.3) is 0 Å². The second kappa shape index (κ2) is 7.46. The van der Waals surface area contributed by atoms with Crippen LogP contribution in [0.2, 0.25) is 0 Å². The van der Waals surface area contributed by atoms with Crippen molar-refractivity contribution in [1.29, 1.82) is 0 Å². The summed E-state index contributed by atoms with van der Waals surface area (Å²) in [4.78, 5) is 2.69. The minimum Gasteiger partial charge on any atom is -0.381 e. The lowest BCUT2D eigenvalue weighted by molar-refractivity contribution is 0.0259. The first-order valence-electron chi connectivity index (χ1n) is 7.83. The molecule has 1 saturated heterocycles. The van der Waals surface area contributed by atoms with E-state index in [1.807, 2.05) is 7.11 Å². The monoisotopic (exact) mass is 254 g/mol. The maximum Gasteiger partial charge on any atom is 0.0586 e. The minimum atomic E-state index is 0.497. The highest BCUT2D eigenvalue weighted by Crippen LogP contribution is 2.25. The van der Waals surface area contributed by atoms with E-state index in [-0.39, 0.29) is 0 Å². The summed E-state index contributed by atoms with van der Waals surface area (Å²) in [7, 11) is 1.87. The molecule has 2 rings (SSSR count). The molecule has 106 valence electrons. The molecule has 3 heteroatoms. The zero-order valence-corrected chi connectivity index (χ0v) is 12.2. The number of hydrogen-bond acceptors (Lipinski definition) is 3. The molecule has 0 aromatic heterocycles. The molecule has 18 heavy (non-hydrogen) atoms. The summed E-state index contributed by atoms with van der Waals surface area (Å²) in [5, 5.41) is 3.68. The van der Waals surface area contributed by atoms with Crippen LogP contribution in [-0.2, 0) is 4.74 Å². The summed E-state index contributed by atoms with van der Waals surface area (Å²) < 4.78 is 5.56. The quantitative estimate of drug-likeness (QED) is 0.815. The van der Waals surface area contributed by atoms with Crippen LogP contribution in [0, 0.1) is 0 Å². The molecule has 1 aliphatic heterocycles. The predicted molar refractivity (Wildman–Crippen MR) is 75.9 cm³/mol. The third-order valence-corrected chi connectivity index (χ3v) is 4.72. The first-order chi connectivity index (χ1) is 8.83. The molecule has 0 aromatic rings. The van der Waals surface area contributed by atoms with Crippen molar-refractivity contribution in [2.45, 2.75) is 70.1 Å². The maximum absolute atomic E-state index is 5.56. The van der Waals surface area contributed by atoms with E-state index in [1.165, 1.54) is 64.6 Å². The Bertz CT molecular complexity index is 229. The molecule has 0 bridgehead atoms. The van der Waals surface area contributed by atoms with Gasteiger partial charge < -0.3 is 10.1 Å². The summed E-state index contributed by atoms with van der Waals surface area (Å²) in [6.07, 6.45) is 9.80. The van der Waals surface area contributed by atoms with Gasteiger partial charge in [-0.15, -0.1) is 0 Å². The smallest absolute Gasteiger partial charge is 0.0586 e. The Balaban J connectivity index is 1.82. The van der Waals surface area contributed by atoms with Gasteiger partial charge in [0.2, 0.25) is 0 Å². The Morgan fingerprint density at radius 1 is 1.17 bits per heavy atom. The lowest BCUT2D eigenvalue weighted by Gasteiger charge is -2.39. The van der Waals surface area contributed by atoms with Gasteiger partial charge in [0.1, 0.15) is 0 Å². The van der Waals surface area contributed by atoms with Crippen molar-refractivity contribution in [3.8, 4) is 0 Å². The number of hydrogen-bond donors (Lipinski definition) is 1. The first kappa shape index (κ1) is 14.3. The van der Waals surface area contributed by atoms with Crippen LogP contribution in [0.5, 0.6) is 0 Å². The molecular weight excluding hydrogens is 224 g/mol. The van der Waals surface area contributed by atoms with E-state index in [0.717, 1.165) is 12.1 Å². The van der Waals surface area contributed by atoms with Crippen LogP contribution in [0.1, 0.15) is 51.9 Å². The fraction of sp³-hybridized carbons (Fsp3) is 1.00. The molecule has 0 amide bonds. The number of ether oxygens (including phenoxy) is 1. The highest BCUT2D eigenvalue weighted by molar-refractivity contribution is 4.84. The number of piperidine rings is 1. The molecule has 3 unspecified atom stereocenters. The van der Waals surface area contributed by atoms with Crippen molar-refractivity contribution >= 4 is 0 Å². The van der Waals surface area contributed by atoms with Crippen molar-refractivity contribution in [3.05, 3.63) is 0 Å². The highest BCUT2D eigenvalue weighted by atomic mass is 16.5. The van der Waals surface area contributed by atoms with Crippen LogP contribution in [0.15, 0.2) is 0 Å². The molecule has 2 fully saturated rings. The standard InChI is InChI=1S/C15H30N2O/c1-3-17(12-13-7-4-5-10-16-13)14-8-6-9-15(11-14)18-2/h13-16H,3-12H2,1-2H3. The maximum atomic E-state index is 5.56. The average Bonchev–Trinajstić information content (AvgIpc) is 2.46. The summed E-state index contributed by atoms with van der Waals surface area (Å²) in [5.41, 5.74) is 0. The molecule has 1 N–H and O–H groups in total. The van der Waals surface area contributed by atoms with Gasteiger partial charge in [0, 0.05) is 25.7 Å². The van der Waals surface area contributed by atoms with Crippen LogP contribution in [0.4, 0.5) is 0 Å². The van der Waals surface area contributed by atoms with Gasteiger partial charge in [-0.05, 0) is 51.6 Å². The lowest BCUT2D eigenvalue weighted by atomic mass is 9.91. The fourth-order valence-electron chi connectivity index (χ4n) is 3.57. The molecule has 0 radical (unpaired) electrons. The second-order valence-corrected chi connectivity index (χ2v) is 5.91.